The van der Waals surface area contributed by atoms with Crippen LogP contribution in [0.2, 0.25) is 0 Å². The number of pyridine rings is 1. The Bertz CT molecular complexity index is 325. The van der Waals surface area contributed by atoms with Gasteiger partial charge in [-0.1, -0.05) is 0 Å². The number of rotatable bonds is 2. The number of hydrogen-bond donors (Lipinski definition) is 1. The molecule has 0 saturated carbocycles. The lowest BCUT2D eigenvalue weighted by molar-refractivity contribution is 0.224. The van der Waals surface area contributed by atoms with E-state index in [1.54, 1.807) is 24.2 Å². The summed E-state index contributed by atoms with van der Waals surface area (Å²) in [5, 5.41) is 2.79. The minimum absolute atomic E-state index is 0.108. The van der Waals surface area contributed by atoms with Gasteiger partial charge in [0.25, 0.3) is 0 Å². The lowest BCUT2D eigenvalue weighted by atomic mass is 10.3. The second-order valence-electron chi connectivity index (χ2n) is 3.08. The maximum atomic E-state index is 11.5. The Hall–Kier alpha value is -1.58. The highest BCUT2D eigenvalue weighted by Crippen LogP contribution is 2.10. The van der Waals surface area contributed by atoms with Crippen molar-refractivity contribution in [2.45, 2.75) is 13.8 Å². The molecule has 1 rings (SSSR count). The average molecular weight is 193 g/mol. The second kappa shape index (κ2) is 4.60. The summed E-state index contributed by atoms with van der Waals surface area (Å²) in [7, 11) is 1.75. The molecule has 1 N–H and O–H groups in total. The van der Waals surface area contributed by atoms with E-state index in [-0.39, 0.29) is 6.03 Å². The summed E-state index contributed by atoms with van der Waals surface area (Å²) >= 11 is 0. The van der Waals surface area contributed by atoms with Crippen LogP contribution in [0.1, 0.15) is 12.6 Å². The molecule has 1 heterocycles. The van der Waals surface area contributed by atoms with Crippen LogP contribution in [0, 0.1) is 6.92 Å². The van der Waals surface area contributed by atoms with Gasteiger partial charge in [0.05, 0.1) is 11.4 Å². The van der Waals surface area contributed by atoms with Crippen molar-refractivity contribution >= 4 is 11.7 Å². The van der Waals surface area contributed by atoms with Crippen LogP contribution in [-0.4, -0.2) is 29.5 Å². The highest BCUT2D eigenvalue weighted by atomic mass is 16.2. The number of hydrogen-bond acceptors (Lipinski definition) is 2. The van der Waals surface area contributed by atoms with Crippen molar-refractivity contribution in [3.63, 3.8) is 0 Å². The summed E-state index contributed by atoms with van der Waals surface area (Å²) in [5.74, 6) is 0. The maximum absolute atomic E-state index is 11.5. The monoisotopic (exact) mass is 193 g/mol. The van der Waals surface area contributed by atoms with E-state index in [1.807, 2.05) is 19.9 Å². The number of carbonyl (C=O) groups excluding carboxylic acids is 1. The third-order valence-electron chi connectivity index (χ3n) is 2.07. The quantitative estimate of drug-likeness (QED) is 0.779. The lowest BCUT2D eigenvalue weighted by Crippen LogP contribution is -2.31. The third kappa shape index (κ3) is 2.45. The van der Waals surface area contributed by atoms with Crippen LogP contribution in [0.4, 0.5) is 10.5 Å². The summed E-state index contributed by atoms with van der Waals surface area (Å²) < 4.78 is 0. The van der Waals surface area contributed by atoms with Crippen LogP contribution in [0.5, 0.6) is 0 Å². The van der Waals surface area contributed by atoms with E-state index >= 15 is 0 Å². The SMILES string of the molecule is CCN(C)C(=O)Nc1cccnc1C. The van der Waals surface area contributed by atoms with Gasteiger partial charge in [-0.2, -0.15) is 0 Å². The molecular formula is C10H15N3O. The number of urea groups is 1. The fourth-order valence-corrected chi connectivity index (χ4v) is 0.971. The summed E-state index contributed by atoms with van der Waals surface area (Å²) in [6.07, 6.45) is 1.70. The van der Waals surface area contributed by atoms with Crippen LogP contribution in [0.25, 0.3) is 0 Å². The number of nitrogens with zero attached hydrogens (tertiary/aromatic N) is 2. The zero-order valence-corrected chi connectivity index (χ0v) is 8.74. The Balaban J connectivity index is 2.70. The molecule has 1 aromatic heterocycles. The van der Waals surface area contributed by atoms with Crippen LogP contribution in [0.15, 0.2) is 18.3 Å². The molecule has 0 aliphatic heterocycles. The van der Waals surface area contributed by atoms with Crippen LogP contribution in [-0.2, 0) is 0 Å². The molecule has 2 amide bonds. The van der Waals surface area contributed by atoms with Crippen LogP contribution >= 0.6 is 0 Å². The maximum Gasteiger partial charge on any atom is 0.321 e. The molecule has 0 atom stereocenters. The molecule has 1 aromatic rings. The molecule has 0 fully saturated rings. The first-order valence-corrected chi connectivity index (χ1v) is 4.59. The van der Waals surface area contributed by atoms with E-state index in [1.165, 1.54) is 0 Å². The minimum Gasteiger partial charge on any atom is -0.328 e. The fourth-order valence-electron chi connectivity index (χ4n) is 0.971. The molecule has 76 valence electrons. The topological polar surface area (TPSA) is 45.2 Å². The van der Waals surface area contributed by atoms with E-state index in [2.05, 4.69) is 10.3 Å². The van der Waals surface area contributed by atoms with Gasteiger partial charge >= 0.3 is 6.03 Å². The Kier molecular flexibility index (Phi) is 3.45. The predicted octanol–water partition coefficient (Wildman–Crippen LogP) is 1.87. The smallest absolute Gasteiger partial charge is 0.321 e. The summed E-state index contributed by atoms with van der Waals surface area (Å²) in [6.45, 7) is 4.47. The summed E-state index contributed by atoms with van der Waals surface area (Å²) in [5.41, 5.74) is 1.59. The summed E-state index contributed by atoms with van der Waals surface area (Å²) in [4.78, 5) is 17.2. The third-order valence-corrected chi connectivity index (χ3v) is 2.07. The number of amides is 2. The zero-order valence-electron chi connectivity index (χ0n) is 8.74. The number of aryl methyl sites for hydroxylation is 1. The highest BCUT2D eigenvalue weighted by molar-refractivity contribution is 5.89. The van der Waals surface area contributed by atoms with Crippen molar-refractivity contribution in [3.8, 4) is 0 Å². The molecule has 0 radical (unpaired) electrons. The van der Waals surface area contributed by atoms with Gasteiger partial charge in [-0.05, 0) is 26.0 Å². The highest BCUT2D eigenvalue weighted by Gasteiger charge is 2.07. The molecule has 0 aliphatic rings. The molecule has 0 bridgehead atoms. The first-order valence-electron chi connectivity index (χ1n) is 4.59. The second-order valence-corrected chi connectivity index (χ2v) is 3.08. The Labute approximate surface area is 83.9 Å². The Morgan fingerprint density at radius 2 is 2.36 bits per heavy atom. The van der Waals surface area contributed by atoms with Gasteiger partial charge in [-0.15, -0.1) is 0 Å². The lowest BCUT2D eigenvalue weighted by Gasteiger charge is -2.16. The molecule has 0 saturated heterocycles. The van der Waals surface area contributed by atoms with E-state index in [4.69, 9.17) is 0 Å². The van der Waals surface area contributed by atoms with Gasteiger partial charge in [0.15, 0.2) is 0 Å². The van der Waals surface area contributed by atoms with Crippen molar-refractivity contribution in [1.82, 2.24) is 9.88 Å². The van der Waals surface area contributed by atoms with E-state index in [0.29, 0.717) is 6.54 Å². The van der Waals surface area contributed by atoms with Crippen molar-refractivity contribution < 1.29 is 4.79 Å². The largest absolute Gasteiger partial charge is 0.328 e. The fraction of sp³-hybridized carbons (Fsp3) is 0.400. The standard InChI is InChI=1S/C10H15N3O/c1-4-13(3)10(14)12-9-6-5-7-11-8(9)2/h5-7H,4H2,1-3H3,(H,12,14). The van der Waals surface area contributed by atoms with Crippen molar-refractivity contribution in [2.75, 3.05) is 18.9 Å². The number of carbonyl (C=O) groups is 1. The molecule has 0 spiro atoms. The van der Waals surface area contributed by atoms with Crippen molar-refractivity contribution in [2.24, 2.45) is 0 Å². The van der Waals surface area contributed by atoms with E-state index in [9.17, 15) is 4.79 Å². The molecule has 4 nitrogen and oxygen atoms in total. The van der Waals surface area contributed by atoms with Gasteiger partial charge < -0.3 is 10.2 Å². The van der Waals surface area contributed by atoms with Gasteiger partial charge in [0.2, 0.25) is 0 Å². The predicted molar refractivity (Wildman–Crippen MR) is 56.3 cm³/mol. The molecule has 0 aromatic carbocycles. The first kappa shape index (κ1) is 10.5. The number of anilines is 1. The van der Waals surface area contributed by atoms with Crippen LogP contribution in [0.3, 0.4) is 0 Å². The average Bonchev–Trinajstić information content (AvgIpc) is 2.20. The zero-order chi connectivity index (χ0) is 10.6. The summed E-state index contributed by atoms with van der Waals surface area (Å²) in [6, 6.07) is 3.53. The molecule has 14 heavy (non-hydrogen) atoms. The number of aromatic nitrogens is 1. The van der Waals surface area contributed by atoms with E-state index < -0.39 is 0 Å². The number of nitrogens with one attached hydrogen (secondary N) is 1. The molecule has 0 unspecified atom stereocenters. The van der Waals surface area contributed by atoms with E-state index in [0.717, 1.165) is 11.4 Å². The van der Waals surface area contributed by atoms with Gasteiger partial charge in [0, 0.05) is 19.8 Å². The first-order chi connectivity index (χ1) is 6.65. The Morgan fingerprint density at radius 1 is 1.64 bits per heavy atom. The normalized spacial score (nSPS) is 9.64. The Morgan fingerprint density at radius 3 is 2.93 bits per heavy atom. The van der Waals surface area contributed by atoms with Gasteiger partial charge in [0.1, 0.15) is 0 Å². The minimum atomic E-state index is -0.108. The molecule has 0 aliphatic carbocycles. The van der Waals surface area contributed by atoms with Gasteiger partial charge in [-0.25, -0.2) is 4.79 Å². The molecule has 4 heteroatoms. The van der Waals surface area contributed by atoms with Crippen molar-refractivity contribution in [1.29, 1.82) is 0 Å². The van der Waals surface area contributed by atoms with Gasteiger partial charge in [-0.3, -0.25) is 4.98 Å². The molecular weight excluding hydrogens is 178 g/mol. The van der Waals surface area contributed by atoms with Crippen molar-refractivity contribution in [3.05, 3.63) is 24.0 Å². The van der Waals surface area contributed by atoms with Crippen LogP contribution < -0.4 is 5.32 Å².